The van der Waals surface area contributed by atoms with Gasteiger partial charge in [-0.3, -0.25) is 0 Å². The molecule has 0 radical (unpaired) electrons. The number of rotatable bonds is 6. The normalized spacial score (nSPS) is 13.3. The standard InChI is InChI=1S/C9H14N2O6S3/c1-18(12,13)7-6-11-20(16,17)9-4-2-8(3-5-9)19(10,14)15/h2-5,11H,6-7H2,1H3,(H2,10,14,15). The molecular formula is C9H14N2O6S3. The van der Waals surface area contributed by atoms with Gasteiger partial charge < -0.3 is 0 Å². The minimum atomic E-state index is -3.90. The van der Waals surface area contributed by atoms with E-state index in [1.807, 2.05) is 0 Å². The highest BCUT2D eigenvalue weighted by molar-refractivity contribution is 7.91. The maximum atomic E-state index is 11.8. The van der Waals surface area contributed by atoms with Gasteiger partial charge in [-0.05, 0) is 24.3 Å². The van der Waals surface area contributed by atoms with Gasteiger partial charge in [0.05, 0.1) is 15.5 Å². The SMILES string of the molecule is CS(=O)(=O)CCNS(=O)(=O)c1ccc(S(N)(=O)=O)cc1. The predicted molar refractivity (Wildman–Crippen MR) is 72.7 cm³/mol. The Labute approximate surface area is 118 Å². The quantitative estimate of drug-likeness (QED) is 0.655. The lowest BCUT2D eigenvalue weighted by Gasteiger charge is -2.06. The fourth-order valence-corrected chi connectivity index (χ4v) is 3.40. The zero-order chi connectivity index (χ0) is 15.6. The van der Waals surface area contributed by atoms with E-state index >= 15 is 0 Å². The average Bonchev–Trinajstić information content (AvgIpc) is 2.26. The minimum absolute atomic E-state index is 0.182. The van der Waals surface area contributed by atoms with Crippen molar-refractivity contribution in [1.29, 1.82) is 0 Å². The molecule has 0 aliphatic rings. The largest absolute Gasteiger partial charge is 0.240 e. The topological polar surface area (TPSA) is 140 Å². The molecule has 0 aromatic heterocycles. The maximum absolute atomic E-state index is 11.8. The van der Waals surface area contributed by atoms with Crippen LogP contribution >= 0.6 is 0 Å². The van der Waals surface area contributed by atoms with Crippen LogP contribution in [0.2, 0.25) is 0 Å². The van der Waals surface area contributed by atoms with E-state index in [9.17, 15) is 25.3 Å². The molecule has 1 aromatic carbocycles. The molecule has 0 amide bonds. The molecule has 0 aliphatic heterocycles. The van der Waals surface area contributed by atoms with Crippen LogP contribution in [0.4, 0.5) is 0 Å². The highest BCUT2D eigenvalue weighted by Crippen LogP contribution is 2.13. The van der Waals surface area contributed by atoms with Crippen molar-refractivity contribution in [2.45, 2.75) is 9.79 Å². The summed E-state index contributed by atoms with van der Waals surface area (Å²) in [5, 5.41) is 4.88. The molecule has 20 heavy (non-hydrogen) atoms. The van der Waals surface area contributed by atoms with Gasteiger partial charge in [0.1, 0.15) is 9.84 Å². The second kappa shape index (κ2) is 5.77. The molecule has 0 aliphatic carbocycles. The van der Waals surface area contributed by atoms with Gasteiger partial charge in [0.15, 0.2) is 0 Å². The Hall–Kier alpha value is -1.01. The van der Waals surface area contributed by atoms with Gasteiger partial charge >= 0.3 is 0 Å². The zero-order valence-corrected chi connectivity index (χ0v) is 12.9. The number of sulfonamides is 2. The fourth-order valence-electron chi connectivity index (χ4n) is 1.25. The van der Waals surface area contributed by atoms with Crippen LogP contribution in [-0.4, -0.2) is 43.8 Å². The second-order valence-corrected chi connectivity index (χ2v) is 9.63. The molecule has 0 atom stereocenters. The van der Waals surface area contributed by atoms with Crippen molar-refractivity contribution in [3.05, 3.63) is 24.3 Å². The molecule has 1 aromatic rings. The Morgan fingerprint density at radius 3 is 1.80 bits per heavy atom. The fraction of sp³-hybridized carbons (Fsp3) is 0.333. The Kier molecular flexibility index (Phi) is 4.92. The molecular weight excluding hydrogens is 328 g/mol. The number of hydrogen-bond acceptors (Lipinski definition) is 6. The third kappa shape index (κ3) is 5.17. The molecule has 1 rings (SSSR count). The van der Waals surface area contributed by atoms with E-state index in [1.165, 1.54) is 0 Å². The lowest BCUT2D eigenvalue weighted by molar-refractivity contribution is 0.581. The van der Waals surface area contributed by atoms with Gasteiger partial charge in [0.2, 0.25) is 20.0 Å². The molecule has 0 spiro atoms. The van der Waals surface area contributed by atoms with Crippen LogP contribution in [-0.2, 0) is 29.9 Å². The summed E-state index contributed by atoms with van der Waals surface area (Å²) in [4.78, 5) is -0.397. The molecule has 0 saturated carbocycles. The molecule has 8 nitrogen and oxygen atoms in total. The Morgan fingerprint density at radius 1 is 0.950 bits per heavy atom. The van der Waals surface area contributed by atoms with Crippen molar-refractivity contribution >= 4 is 29.9 Å². The van der Waals surface area contributed by atoms with E-state index in [2.05, 4.69) is 4.72 Å². The number of nitrogens with one attached hydrogen (secondary N) is 1. The van der Waals surface area contributed by atoms with E-state index in [4.69, 9.17) is 5.14 Å². The van der Waals surface area contributed by atoms with Crippen LogP contribution in [0.1, 0.15) is 0 Å². The molecule has 0 heterocycles. The van der Waals surface area contributed by atoms with E-state index in [-0.39, 0.29) is 22.1 Å². The van der Waals surface area contributed by atoms with E-state index in [0.29, 0.717) is 0 Å². The highest BCUT2D eigenvalue weighted by atomic mass is 32.2. The molecule has 0 fully saturated rings. The first-order valence-corrected chi connectivity index (χ1v) is 10.3. The van der Waals surface area contributed by atoms with Crippen LogP contribution in [0.15, 0.2) is 34.1 Å². The summed E-state index contributed by atoms with van der Waals surface area (Å²) in [5.41, 5.74) is 0. The van der Waals surface area contributed by atoms with Gasteiger partial charge in [-0.15, -0.1) is 0 Å². The summed E-state index contributed by atoms with van der Waals surface area (Å²) in [5.74, 6) is -0.332. The van der Waals surface area contributed by atoms with Crippen molar-refractivity contribution in [2.24, 2.45) is 5.14 Å². The average molecular weight is 342 g/mol. The van der Waals surface area contributed by atoms with Crippen LogP contribution in [0, 0.1) is 0 Å². The van der Waals surface area contributed by atoms with Crippen LogP contribution in [0.5, 0.6) is 0 Å². The number of hydrogen-bond donors (Lipinski definition) is 2. The van der Waals surface area contributed by atoms with Gasteiger partial charge in [0, 0.05) is 12.8 Å². The van der Waals surface area contributed by atoms with Gasteiger partial charge in [-0.1, -0.05) is 0 Å². The van der Waals surface area contributed by atoms with Crippen molar-refractivity contribution < 1.29 is 25.3 Å². The van der Waals surface area contributed by atoms with Gasteiger partial charge in [-0.2, -0.15) is 0 Å². The number of primary sulfonamides is 1. The second-order valence-electron chi connectivity index (χ2n) is 4.04. The van der Waals surface area contributed by atoms with Crippen LogP contribution < -0.4 is 9.86 Å². The molecule has 11 heteroatoms. The molecule has 3 N–H and O–H groups in total. The monoisotopic (exact) mass is 342 g/mol. The maximum Gasteiger partial charge on any atom is 0.240 e. The lowest BCUT2D eigenvalue weighted by atomic mass is 10.4. The Balaban J connectivity index is 2.89. The predicted octanol–water partition coefficient (Wildman–Crippen LogP) is -1.34. The van der Waals surface area contributed by atoms with E-state index in [1.54, 1.807) is 0 Å². The third-order valence-electron chi connectivity index (χ3n) is 2.23. The summed E-state index contributed by atoms with van der Waals surface area (Å²) in [6.07, 6.45) is 0.988. The Morgan fingerprint density at radius 2 is 1.40 bits per heavy atom. The first-order valence-electron chi connectivity index (χ1n) is 5.22. The van der Waals surface area contributed by atoms with Crippen molar-refractivity contribution in [3.8, 4) is 0 Å². The molecule has 0 bridgehead atoms. The molecule has 114 valence electrons. The smallest absolute Gasteiger partial charge is 0.229 e. The van der Waals surface area contributed by atoms with E-state index < -0.39 is 29.9 Å². The number of sulfone groups is 1. The highest BCUT2D eigenvalue weighted by Gasteiger charge is 2.16. The van der Waals surface area contributed by atoms with Crippen molar-refractivity contribution in [2.75, 3.05) is 18.6 Å². The third-order valence-corrected chi connectivity index (χ3v) is 5.58. The first kappa shape index (κ1) is 17.0. The molecule has 0 unspecified atom stereocenters. The molecule has 0 saturated heterocycles. The summed E-state index contributed by atoms with van der Waals surface area (Å²) >= 11 is 0. The van der Waals surface area contributed by atoms with Crippen molar-refractivity contribution in [3.63, 3.8) is 0 Å². The summed E-state index contributed by atoms with van der Waals surface area (Å²) < 4.78 is 69.5. The number of benzene rings is 1. The van der Waals surface area contributed by atoms with Crippen LogP contribution in [0.3, 0.4) is 0 Å². The zero-order valence-electron chi connectivity index (χ0n) is 10.5. The Bertz CT molecular complexity index is 779. The van der Waals surface area contributed by atoms with Gasteiger partial charge in [-0.25, -0.2) is 35.1 Å². The lowest BCUT2D eigenvalue weighted by Crippen LogP contribution is -2.29. The number of nitrogens with two attached hydrogens (primary N) is 1. The summed E-state index contributed by atoms with van der Waals surface area (Å²) in [7, 11) is -11.1. The minimum Gasteiger partial charge on any atom is -0.229 e. The summed E-state index contributed by atoms with van der Waals surface area (Å²) in [6, 6.07) is 4.26. The van der Waals surface area contributed by atoms with Crippen molar-refractivity contribution in [1.82, 2.24) is 4.72 Å². The first-order chi connectivity index (χ1) is 8.92. The van der Waals surface area contributed by atoms with E-state index in [0.717, 1.165) is 30.5 Å². The summed E-state index contributed by atoms with van der Waals surface area (Å²) in [6.45, 7) is -0.266. The van der Waals surface area contributed by atoms with Crippen LogP contribution in [0.25, 0.3) is 0 Å². The van der Waals surface area contributed by atoms with Gasteiger partial charge in [0.25, 0.3) is 0 Å².